The number of para-hydroxylation sites is 1. The van der Waals surface area contributed by atoms with E-state index in [0.29, 0.717) is 12.5 Å². The molecule has 5 heteroatoms. The molecule has 0 radical (unpaired) electrons. The van der Waals surface area contributed by atoms with E-state index < -0.39 is 0 Å². The fraction of sp³-hybridized carbons (Fsp3) is 0.286. The maximum Gasteiger partial charge on any atom is 0.230 e. The fourth-order valence-corrected chi connectivity index (χ4v) is 2.63. The standard InChI is InChI=1S/C14H14BrN3O/c1-14(2)9-18(13-16-7-4-8-17-13)11-6-3-5-10(15)12(11)19-14/h3-8H,9H2,1-2H3. The highest BCUT2D eigenvalue weighted by Gasteiger charge is 2.34. The number of fused-ring (bicyclic) bond motifs is 1. The number of nitrogens with zero attached hydrogens (tertiary/aromatic N) is 3. The molecule has 0 aliphatic carbocycles. The van der Waals surface area contributed by atoms with Crippen LogP contribution in [-0.4, -0.2) is 22.1 Å². The molecule has 2 aromatic rings. The molecule has 0 amide bonds. The lowest BCUT2D eigenvalue weighted by atomic mass is 10.1. The Morgan fingerprint density at radius 2 is 1.95 bits per heavy atom. The molecule has 19 heavy (non-hydrogen) atoms. The summed E-state index contributed by atoms with van der Waals surface area (Å²) in [6, 6.07) is 7.80. The Bertz CT molecular complexity index is 601. The van der Waals surface area contributed by atoms with Crippen molar-refractivity contribution in [2.75, 3.05) is 11.4 Å². The second-order valence-corrected chi connectivity index (χ2v) is 5.94. The number of benzene rings is 1. The predicted octanol–water partition coefficient (Wildman–Crippen LogP) is 3.55. The summed E-state index contributed by atoms with van der Waals surface area (Å²) >= 11 is 3.54. The van der Waals surface area contributed by atoms with Gasteiger partial charge in [0.15, 0.2) is 5.75 Å². The highest BCUT2D eigenvalue weighted by Crippen LogP contribution is 2.43. The van der Waals surface area contributed by atoms with Crippen LogP contribution in [0, 0.1) is 0 Å². The van der Waals surface area contributed by atoms with Gasteiger partial charge in [-0.25, -0.2) is 9.97 Å². The first-order chi connectivity index (χ1) is 9.07. The van der Waals surface area contributed by atoms with Crippen molar-refractivity contribution in [1.82, 2.24) is 9.97 Å². The van der Waals surface area contributed by atoms with Crippen molar-refractivity contribution in [1.29, 1.82) is 0 Å². The van der Waals surface area contributed by atoms with E-state index >= 15 is 0 Å². The van der Waals surface area contributed by atoms with Crippen LogP contribution in [0.1, 0.15) is 13.8 Å². The Morgan fingerprint density at radius 1 is 1.21 bits per heavy atom. The number of aromatic nitrogens is 2. The highest BCUT2D eigenvalue weighted by atomic mass is 79.9. The second kappa shape index (κ2) is 4.49. The molecule has 1 aromatic heterocycles. The minimum Gasteiger partial charge on any atom is -0.483 e. The van der Waals surface area contributed by atoms with Crippen LogP contribution in [0.3, 0.4) is 0 Å². The number of anilines is 2. The SMILES string of the molecule is CC1(C)CN(c2ncccn2)c2cccc(Br)c2O1. The molecule has 1 aliphatic rings. The number of rotatable bonds is 1. The van der Waals surface area contributed by atoms with Crippen LogP contribution < -0.4 is 9.64 Å². The van der Waals surface area contributed by atoms with Gasteiger partial charge in [0.1, 0.15) is 5.60 Å². The zero-order chi connectivity index (χ0) is 13.5. The molecule has 4 nitrogen and oxygen atoms in total. The normalized spacial score (nSPS) is 16.7. The van der Waals surface area contributed by atoms with Gasteiger partial charge in [-0.05, 0) is 48.0 Å². The van der Waals surface area contributed by atoms with E-state index in [4.69, 9.17) is 4.74 Å². The van der Waals surface area contributed by atoms with Crippen LogP contribution >= 0.6 is 15.9 Å². The molecular formula is C14H14BrN3O. The fourth-order valence-electron chi connectivity index (χ4n) is 2.19. The molecule has 0 N–H and O–H groups in total. The summed E-state index contributed by atoms with van der Waals surface area (Å²) in [7, 11) is 0. The molecule has 0 atom stereocenters. The summed E-state index contributed by atoms with van der Waals surface area (Å²) in [6.07, 6.45) is 3.50. The lowest BCUT2D eigenvalue weighted by Crippen LogP contribution is -2.45. The van der Waals surface area contributed by atoms with Gasteiger partial charge in [-0.3, -0.25) is 0 Å². The van der Waals surface area contributed by atoms with Gasteiger partial charge in [0.2, 0.25) is 5.95 Å². The van der Waals surface area contributed by atoms with Crippen molar-refractivity contribution in [2.24, 2.45) is 0 Å². The van der Waals surface area contributed by atoms with Gasteiger partial charge in [-0.15, -0.1) is 0 Å². The van der Waals surface area contributed by atoms with Gasteiger partial charge >= 0.3 is 0 Å². The van der Waals surface area contributed by atoms with E-state index in [-0.39, 0.29) is 5.60 Å². The molecular weight excluding hydrogens is 306 g/mol. The average Bonchev–Trinajstić information content (AvgIpc) is 2.39. The second-order valence-electron chi connectivity index (χ2n) is 5.08. The predicted molar refractivity (Wildman–Crippen MR) is 77.9 cm³/mol. The molecule has 0 saturated heterocycles. The zero-order valence-electron chi connectivity index (χ0n) is 10.8. The van der Waals surface area contributed by atoms with Crippen molar-refractivity contribution in [3.05, 3.63) is 41.1 Å². The van der Waals surface area contributed by atoms with Crippen LogP contribution in [-0.2, 0) is 0 Å². The molecule has 0 saturated carbocycles. The third-order valence-corrected chi connectivity index (χ3v) is 3.57. The molecule has 0 spiro atoms. The Kier molecular flexibility index (Phi) is 2.93. The van der Waals surface area contributed by atoms with Gasteiger partial charge < -0.3 is 9.64 Å². The van der Waals surface area contributed by atoms with Gasteiger partial charge in [-0.1, -0.05) is 6.07 Å². The quantitative estimate of drug-likeness (QED) is 0.805. The minimum atomic E-state index is -0.296. The zero-order valence-corrected chi connectivity index (χ0v) is 12.4. The summed E-state index contributed by atoms with van der Waals surface area (Å²) < 4.78 is 7.00. The van der Waals surface area contributed by atoms with E-state index in [1.165, 1.54) is 0 Å². The van der Waals surface area contributed by atoms with Crippen LogP contribution in [0.4, 0.5) is 11.6 Å². The highest BCUT2D eigenvalue weighted by molar-refractivity contribution is 9.10. The van der Waals surface area contributed by atoms with Crippen LogP contribution in [0.2, 0.25) is 0 Å². The minimum absolute atomic E-state index is 0.296. The van der Waals surface area contributed by atoms with E-state index in [1.807, 2.05) is 24.3 Å². The van der Waals surface area contributed by atoms with E-state index in [2.05, 4.69) is 44.6 Å². The maximum atomic E-state index is 6.06. The van der Waals surface area contributed by atoms with Gasteiger partial charge in [0, 0.05) is 12.4 Å². The van der Waals surface area contributed by atoms with Crippen molar-refractivity contribution in [3.8, 4) is 5.75 Å². The third-order valence-electron chi connectivity index (χ3n) is 2.95. The van der Waals surface area contributed by atoms with Crippen LogP contribution in [0.25, 0.3) is 0 Å². The summed E-state index contributed by atoms with van der Waals surface area (Å²) in [5, 5.41) is 0. The van der Waals surface area contributed by atoms with Gasteiger partial charge in [-0.2, -0.15) is 0 Å². The maximum absolute atomic E-state index is 6.06. The molecule has 0 bridgehead atoms. The summed E-state index contributed by atoms with van der Waals surface area (Å²) in [6.45, 7) is 4.83. The summed E-state index contributed by atoms with van der Waals surface area (Å²) in [5.74, 6) is 1.53. The largest absolute Gasteiger partial charge is 0.483 e. The molecule has 1 aliphatic heterocycles. The number of ether oxygens (including phenoxy) is 1. The number of halogens is 1. The summed E-state index contributed by atoms with van der Waals surface area (Å²) in [5.41, 5.74) is 0.690. The molecule has 0 fully saturated rings. The van der Waals surface area contributed by atoms with E-state index in [9.17, 15) is 0 Å². The Labute approximate surface area is 120 Å². The Hall–Kier alpha value is -1.62. The first-order valence-electron chi connectivity index (χ1n) is 6.09. The van der Waals surface area contributed by atoms with Crippen LogP contribution in [0.15, 0.2) is 41.1 Å². The number of hydrogen-bond acceptors (Lipinski definition) is 4. The van der Waals surface area contributed by atoms with Crippen LogP contribution in [0.5, 0.6) is 5.75 Å². The first kappa shape index (κ1) is 12.4. The van der Waals surface area contributed by atoms with Crippen molar-refractivity contribution >= 4 is 27.6 Å². The molecule has 0 unspecified atom stereocenters. The van der Waals surface area contributed by atoms with Crippen molar-refractivity contribution in [2.45, 2.75) is 19.4 Å². The smallest absolute Gasteiger partial charge is 0.230 e. The third kappa shape index (κ3) is 2.30. The molecule has 2 heterocycles. The lowest BCUT2D eigenvalue weighted by Gasteiger charge is -2.40. The van der Waals surface area contributed by atoms with Gasteiger partial charge in [0.25, 0.3) is 0 Å². The molecule has 3 rings (SSSR count). The summed E-state index contributed by atoms with van der Waals surface area (Å²) in [4.78, 5) is 10.8. The van der Waals surface area contributed by atoms with E-state index in [1.54, 1.807) is 12.4 Å². The molecule has 1 aromatic carbocycles. The lowest BCUT2D eigenvalue weighted by molar-refractivity contribution is 0.107. The van der Waals surface area contributed by atoms with Gasteiger partial charge in [0.05, 0.1) is 16.7 Å². The number of hydrogen-bond donors (Lipinski definition) is 0. The van der Waals surface area contributed by atoms with Crippen molar-refractivity contribution in [3.63, 3.8) is 0 Å². The average molecular weight is 320 g/mol. The van der Waals surface area contributed by atoms with E-state index in [0.717, 1.165) is 15.9 Å². The first-order valence-corrected chi connectivity index (χ1v) is 6.88. The monoisotopic (exact) mass is 319 g/mol. The Balaban J connectivity index is 2.14. The topological polar surface area (TPSA) is 38.2 Å². The molecule has 98 valence electrons. The van der Waals surface area contributed by atoms with Crippen molar-refractivity contribution < 1.29 is 4.74 Å². The Morgan fingerprint density at radius 3 is 2.68 bits per heavy atom.